The molecule has 3 rings (SSSR count). The van der Waals surface area contributed by atoms with E-state index in [4.69, 9.17) is 21.1 Å². The molecule has 194 valence electrons. The molecule has 0 saturated carbocycles. The number of fused-ring (bicyclic) bond motifs is 2. The molecule has 0 unspecified atom stereocenters. The van der Waals surface area contributed by atoms with Gasteiger partial charge in [0.1, 0.15) is 13.2 Å². The van der Waals surface area contributed by atoms with Crippen LogP contribution in [0.15, 0.2) is 52.3 Å². The van der Waals surface area contributed by atoms with E-state index in [2.05, 4.69) is 10.6 Å². The van der Waals surface area contributed by atoms with E-state index in [0.29, 0.717) is 16.4 Å². The SMILES string of the molecule is CC(C)NC(=O)OCCN(CCOC(=O)NC(C)C)C(=O)N1c2ccccc2Sc2ccc(Cl)cc21. The minimum atomic E-state index is -0.568. The Balaban J connectivity index is 1.82. The largest absolute Gasteiger partial charge is 0.448 e. The second-order valence-electron chi connectivity index (χ2n) is 8.66. The van der Waals surface area contributed by atoms with Crippen LogP contribution in [0.3, 0.4) is 0 Å². The topological polar surface area (TPSA) is 100 Å². The summed E-state index contributed by atoms with van der Waals surface area (Å²) in [7, 11) is 0. The number of hydrogen-bond donors (Lipinski definition) is 2. The third-order valence-corrected chi connectivity index (χ3v) is 6.32. The number of alkyl carbamates (subject to hydrolysis) is 2. The molecule has 0 bridgehead atoms. The number of nitrogens with one attached hydrogen (secondary N) is 2. The molecule has 0 spiro atoms. The van der Waals surface area contributed by atoms with Gasteiger partial charge in [-0.05, 0) is 58.0 Å². The van der Waals surface area contributed by atoms with Gasteiger partial charge in [-0.2, -0.15) is 0 Å². The third kappa shape index (κ3) is 7.44. The predicted octanol–water partition coefficient (Wildman–Crippen LogP) is 5.63. The average molecular weight is 535 g/mol. The first-order valence-electron chi connectivity index (χ1n) is 11.7. The summed E-state index contributed by atoms with van der Waals surface area (Å²) in [5.41, 5.74) is 1.36. The Bertz CT molecular complexity index is 1070. The van der Waals surface area contributed by atoms with Crippen LogP contribution in [0.2, 0.25) is 5.02 Å². The highest BCUT2D eigenvalue weighted by molar-refractivity contribution is 7.99. The molecule has 1 heterocycles. The van der Waals surface area contributed by atoms with Crippen molar-refractivity contribution >= 4 is 53.0 Å². The van der Waals surface area contributed by atoms with Gasteiger partial charge >= 0.3 is 18.2 Å². The number of nitrogens with zero attached hydrogens (tertiary/aromatic N) is 2. The second-order valence-corrected chi connectivity index (χ2v) is 10.2. The number of halogens is 1. The Morgan fingerprint density at radius 3 is 2.03 bits per heavy atom. The molecule has 1 aliphatic heterocycles. The molecule has 0 aliphatic carbocycles. The molecule has 0 atom stereocenters. The van der Waals surface area contributed by atoms with Gasteiger partial charge in [0.15, 0.2) is 0 Å². The quantitative estimate of drug-likeness (QED) is 0.455. The van der Waals surface area contributed by atoms with Crippen LogP contribution in [0.4, 0.5) is 25.8 Å². The van der Waals surface area contributed by atoms with Crippen LogP contribution in [0.5, 0.6) is 0 Å². The van der Waals surface area contributed by atoms with E-state index < -0.39 is 12.2 Å². The fraction of sp³-hybridized carbons (Fsp3) is 0.400. The number of carbonyl (C=O) groups excluding carboxylic acids is 3. The zero-order chi connectivity index (χ0) is 26.2. The number of ether oxygens (including phenoxy) is 2. The summed E-state index contributed by atoms with van der Waals surface area (Å²) in [6, 6.07) is 12.5. The Kier molecular flexibility index (Phi) is 9.72. The van der Waals surface area contributed by atoms with Gasteiger partial charge in [0, 0.05) is 26.9 Å². The number of para-hydroxylation sites is 1. The average Bonchev–Trinajstić information content (AvgIpc) is 2.80. The lowest BCUT2D eigenvalue weighted by Gasteiger charge is -2.35. The summed E-state index contributed by atoms with van der Waals surface area (Å²) in [5, 5.41) is 5.80. The van der Waals surface area contributed by atoms with Crippen molar-refractivity contribution in [3.63, 3.8) is 0 Å². The highest BCUT2D eigenvalue weighted by Crippen LogP contribution is 2.49. The maximum atomic E-state index is 13.9. The maximum Gasteiger partial charge on any atom is 0.407 e. The smallest absolute Gasteiger partial charge is 0.407 e. The number of urea groups is 1. The van der Waals surface area contributed by atoms with E-state index in [0.717, 1.165) is 9.79 Å². The van der Waals surface area contributed by atoms with Crippen LogP contribution in [-0.4, -0.2) is 61.5 Å². The first-order valence-corrected chi connectivity index (χ1v) is 12.9. The lowest BCUT2D eigenvalue weighted by atomic mass is 10.2. The van der Waals surface area contributed by atoms with Crippen LogP contribution in [0.1, 0.15) is 27.7 Å². The van der Waals surface area contributed by atoms with Gasteiger partial charge in [0.05, 0.1) is 24.5 Å². The van der Waals surface area contributed by atoms with Gasteiger partial charge in [-0.15, -0.1) is 0 Å². The molecule has 36 heavy (non-hydrogen) atoms. The molecule has 0 fully saturated rings. The lowest BCUT2D eigenvalue weighted by molar-refractivity contribution is 0.112. The Labute approximate surface area is 220 Å². The standard InChI is InChI=1S/C25H31ClN4O5S/c1-16(2)27-23(31)34-13-11-29(12-14-35-24(32)28-17(3)4)25(33)30-19-7-5-6-8-21(19)36-22-10-9-18(26)15-20(22)30/h5-10,15-17H,11-14H2,1-4H3,(H,27,31)(H,28,32). The Morgan fingerprint density at radius 1 is 0.889 bits per heavy atom. The summed E-state index contributed by atoms with van der Waals surface area (Å²) in [6.45, 7) is 7.43. The predicted molar refractivity (Wildman–Crippen MR) is 140 cm³/mol. The van der Waals surface area contributed by atoms with Crippen LogP contribution in [0, 0.1) is 0 Å². The summed E-state index contributed by atoms with van der Waals surface area (Å²) in [6.07, 6.45) is -1.14. The van der Waals surface area contributed by atoms with Crippen molar-refractivity contribution in [3.8, 4) is 0 Å². The highest BCUT2D eigenvalue weighted by atomic mass is 35.5. The normalized spacial score (nSPS) is 12.0. The summed E-state index contributed by atoms with van der Waals surface area (Å²) >= 11 is 7.84. The number of anilines is 2. The lowest BCUT2D eigenvalue weighted by Crippen LogP contribution is -2.46. The van der Waals surface area contributed by atoms with E-state index in [1.54, 1.807) is 28.8 Å². The molecule has 0 saturated heterocycles. The highest BCUT2D eigenvalue weighted by Gasteiger charge is 2.31. The molecular weight excluding hydrogens is 504 g/mol. The number of amides is 4. The molecule has 1 aliphatic rings. The van der Waals surface area contributed by atoms with E-state index in [9.17, 15) is 14.4 Å². The second kappa shape index (κ2) is 12.7. The van der Waals surface area contributed by atoms with Gasteiger partial charge < -0.3 is 25.0 Å². The molecule has 2 N–H and O–H groups in total. The van der Waals surface area contributed by atoms with Crippen molar-refractivity contribution in [1.29, 1.82) is 0 Å². The van der Waals surface area contributed by atoms with E-state index in [-0.39, 0.29) is 44.4 Å². The number of rotatable bonds is 8. The molecule has 4 amide bonds. The van der Waals surface area contributed by atoms with E-state index in [1.807, 2.05) is 58.0 Å². The first kappa shape index (κ1) is 27.5. The number of hydrogen-bond acceptors (Lipinski definition) is 6. The molecule has 9 nitrogen and oxygen atoms in total. The third-order valence-electron chi connectivity index (χ3n) is 4.95. The summed E-state index contributed by atoms with van der Waals surface area (Å²) in [5.74, 6) is 0. The molecule has 2 aromatic carbocycles. The molecular formula is C25H31ClN4O5S. The van der Waals surface area contributed by atoms with Crippen molar-refractivity contribution in [1.82, 2.24) is 15.5 Å². The van der Waals surface area contributed by atoms with Crippen LogP contribution in [-0.2, 0) is 9.47 Å². The van der Waals surface area contributed by atoms with Gasteiger partial charge in [-0.1, -0.05) is 35.5 Å². The van der Waals surface area contributed by atoms with Crippen LogP contribution in [0.25, 0.3) is 0 Å². The fourth-order valence-electron chi connectivity index (χ4n) is 3.43. The molecule has 0 radical (unpaired) electrons. The van der Waals surface area contributed by atoms with Gasteiger partial charge in [0.2, 0.25) is 0 Å². The van der Waals surface area contributed by atoms with Crippen LogP contribution >= 0.6 is 23.4 Å². The fourth-order valence-corrected chi connectivity index (χ4v) is 4.64. The van der Waals surface area contributed by atoms with Crippen molar-refractivity contribution in [2.24, 2.45) is 0 Å². The minimum Gasteiger partial charge on any atom is -0.448 e. The van der Waals surface area contributed by atoms with E-state index >= 15 is 0 Å². The zero-order valence-electron chi connectivity index (χ0n) is 20.7. The molecule has 11 heteroatoms. The minimum absolute atomic E-state index is 0.0326. The van der Waals surface area contributed by atoms with Gasteiger partial charge in [-0.3, -0.25) is 4.90 Å². The van der Waals surface area contributed by atoms with Crippen molar-refractivity contribution in [2.75, 3.05) is 31.2 Å². The molecule has 2 aromatic rings. The first-order chi connectivity index (χ1) is 17.2. The zero-order valence-corrected chi connectivity index (χ0v) is 22.3. The Morgan fingerprint density at radius 2 is 1.44 bits per heavy atom. The summed E-state index contributed by atoms with van der Waals surface area (Å²) < 4.78 is 10.5. The molecule has 0 aromatic heterocycles. The van der Waals surface area contributed by atoms with Gasteiger partial charge in [0.25, 0.3) is 0 Å². The summed E-state index contributed by atoms with van der Waals surface area (Å²) in [4.78, 5) is 42.7. The van der Waals surface area contributed by atoms with Gasteiger partial charge in [-0.25, -0.2) is 14.4 Å². The van der Waals surface area contributed by atoms with E-state index in [1.165, 1.54) is 4.90 Å². The van der Waals surface area contributed by atoms with Crippen molar-refractivity contribution in [3.05, 3.63) is 47.5 Å². The van der Waals surface area contributed by atoms with Crippen LogP contribution < -0.4 is 15.5 Å². The number of benzene rings is 2. The Hall–Kier alpha value is -3.11. The van der Waals surface area contributed by atoms with Crippen molar-refractivity contribution < 1.29 is 23.9 Å². The monoisotopic (exact) mass is 534 g/mol. The maximum absolute atomic E-state index is 13.9. The van der Waals surface area contributed by atoms with Crippen molar-refractivity contribution in [2.45, 2.75) is 49.6 Å². The number of carbonyl (C=O) groups is 3.